The van der Waals surface area contributed by atoms with Crippen LogP contribution in [0.2, 0.25) is 0 Å². The van der Waals surface area contributed by atoms with Gasteiger partial charge in [-0.25, -0.2) is 4.98 Å². The van der Waals surface area contributed by atoms with E-state index < -0.39 is 0 Å². The molecule has 150 valence electrons. The second-order valence-electron chi connectivity index (χ2n) is 6.82. The minimum atomic E-state index is -0.142. The van der Waals surface area contributed by atoms with E-state index in [1.54, 1.807) is 12.4 Å². The highest BCUT2D eigenvalue weighted by Gasteiger charge is 2.12. The Hall–Kier alpha value is -3.51. The van der Waals surface area contributed by atoms with Gasteiger partial charge < -0.3 is 4.57 Å². The molecule has 0 saturated heterocycles. The Labute approximate surface area is 179 Å². The first-order chi connectivity index (χ1) is 14.8. The van der Waals surface area contributed by atoms with Crippen LogP contribution >= 0.6 is 11.3 Å². The van der Waals surface area contributed by atoms with Gasteiger partial charge in [0.15, 0.2) is 5.13 Å². The molecule has 0 bridgehead atoms. The van der Waals surface area contributed by atoms with Gasteiger partial charge in [0.25, 0.3) is 5.91 Å². The maximum Gasteiger partial charge on any atom is 0.274 e. The lowest BCUT2D eigenvalue weighted by atomic mass is 10.1. The Morgan fingerprint density at radius 1 is 1.03 bits per heavy atom. The number of benzene rings is 1. The van der Waals surface area contributed by atoms with Crippen molar-refractivity contribution in [2.24, 2.45) is 0 Å². The lowest BCUT2D eigenvalue weighted by Crippen LogP contribution is -2.17. The molecular formula is C24H22N4OS. The molecule has 0 radical (unpaired) electrons. The van der Waals surface area contributed by atoms with Crippen molar-refractivity contribution in [2.75, 3.05) is 5.32 Å². The number of pyridine rings is 1. The molecule has 0 aliphatic rings. The molecule has 4 rings (SSSR count). The highest BCUT2D eigenvalue weighted by Crippen LogP contribution is 2.19. The first-order valence-electron chi connectivity index (χ1n) is 9.82. The first kappa shape index (κ1) is 19.8. The SMILES string of the molecule is O=C(Nc1nc(C=Cc2ccccc2)cs1)c1cccn1CCCc1ccncc1. The van der Waals surface area contributed by atoms with Crippen LogP contribution in [0.3, 0.4) is 0 Å². The molecule has 30 heavy (non-hydrogen) atoms. The van der Waals surface area contributed by atoms with E-state index in [-0.39, 0.29) is 5.91 Å². The quantitative estimate of drug-likeness (QED) is 0.420. The van der Waals surface area contributed by atoms with Gasteiger partial charge in [-0.05, 0) is 54.3 Å². The summed E-state index contributed by atoms with van der Waals surface area (Å²) in [5, 5.41) is 5.44. The van der Waals surface area contributed by atoms with Crippen LogP contribution in [-0.4, -0.2) is 20.4 Å². The van der Waals surface area contributed by atoms with Crippen LogP contribution in [0.4, 0.5) is 5.13 Å². The van der Waals surface area contributed by atoms with E-state index in [2.05, 4.69) is 15.3 Å². The normalized spacial score (nSPS) is 11.1. The molecule has 1 amide bonds. The second-order valence-corrected chi connectivity index (χ2v) is 7.68. The molecule has 1 N–H and O–H groups in total. The zero-order chi connectivity index (χ0) is 20.6. The maximum absolute atomic E-state index is 12.7. The maximum atomic E-state index is 12.7. The molecule has 0 saturated carbocycles. The van der Waals surface area contributed by atoms with Gasteiger partial charge >= 0.3 is 0 Å². The molecule has 0 unspecified atom stereocenters. The number of nitrogens with zero attached hydrogens (tertiary/aromatic N) is 3. The van der Waals surface area contributed by atoms with E-state index in [0.29, 0.717) is 10.8 Å². The summed E-state index contributed by atoms with van der Waals surface area (Å²) >= 11 is 1.42. The number of aromatic nitrogens is 3. The topological polar surface area (TPSA) is 59.8 Å². The average molecular weight is 415 g/mol. The van der Waals surface area contributed by atoms with Gasteiger partial charge in [0.2, 0.25) is 0 Å². The Balaban J connectivity index is 1.34. The van der Waals surface area contributed by atoms with Crippen molar-refractivity contribution in [3.63, 3.8) is 0 Å². The van der Waals surface area contributed by atoms with Crippen molar-refractivity contribution in [2.45, 2.75) is 19.4 Å². The fourth-order valence-corrected chi connectivity index (χ4v) is 3.82. The van der Waals surface area contributed by atoms with Crippen molar-refractivity contribution in [3.05, 3.63) is 101 Å². The van der Waals surface area contributed by atoms with Crippen molar-refractivity contribution >= 4 is 34.5 Å². The summed E-state index contributed by atoms with van der Waals surface area (Å²) in [6.07, 6.45) is 11.4. The third-order valence-electron chi connectivity index (χ3n) is 4.66. The number of amides is 1. The zero-order valence-electron chi connectivity index (χ0n) is 16.4. The molecule has 3 heterocycles. The summed E-state index contributed by atoms with van der Waals surface area (Å²) in [5.41, 5.74) is 3.83. The number of carbonyl (C=O) groups excluding carboxylic acids is 1. The van der Waals surface area contributed by atoms with Crippen LogP contribution < -0.4 is 5.32 Å². The molecule has 0 fully saturated rings. The fourth-order valence-electron chi connectivity index (χ4n) is 3.15. The summed E-state index contributed by atoms with van der Waals surface area (Å²) < 4.78 is 1.99. The highest BCUT2D eigenvalue weighted by atomic mass is 32.1. The van der Waals surface area contributed by atoms with Crippen molar-refractivity contribution in [1.82, 2.24) is 14.5 Å². The summed E-state index contributed by atoms with van der Waals surface area (Å²) in [5.74, 6) is -0.142. The average Bonchev–Trinajstić information content (AvgIpc) is 3.43. The molecular weight excluding hydrogens is 392 g/mol. The molecule has 0 atom stereocenters. The Morgan fingerprint density at radius 2 is 1.87 bits per heavy atom. The van der Waals surface area contributed by atoms with Crippen LogP contribution in [0.25, 0.3) is 12.2 Å². The van der Waals surface area contributed by atoms with Crippen LogP contribution in [-0.2, 0) is 13.0 Å². The van der Waals surface area contributed by atoms with E-state index >= 15 is 0 Å². The van der Waals surface area contributed by atoms with Gasteiger partial charge in [-0.1, -0.05) is 36.4 Å². The van der Waals surface area contributed by atoms with Gasteiger partial charge in [-0.15, -0.1) is 11.3 Å². The van der Waals surface area contributed by atoms with Crippen molar-refractivity contribution in [1.29, 1.82) is 0 Å². The summed E-state index contributed by atoms with van der Waals surface area (Å²) in [4.78, 5) is 21.3. The van der Waals surface area contributed by atoms with Gasteiger partial charge in [0.1, 0.15) is 5.69 Å². The van der Waals surface area contributed by atoms with Crippen molar-refractivity contribution < 1.29 is 4.79 Å². The van der Waals surface area contributed by atoms with E-state index in [0.717, 1.165) is 30.6 Å². The molecule has 4 aromatic rings. The van der Waals surface area contributed by atoms with Crippen LogP contribution in [0.1, 0.15) is 33.7 Å². The third-order valence-corrected chi connectivity index (χ3v) is 5.44. The van der Waals surface area contributed by atoms with Gasteiger partial charge in [0, 0.05) is 30.5 Å². The monoisotopic (exact) mass is 414 g/mol. The van der Waals surface area contributed by atoms with Crippen LogP contribution in [0, 0.1) is 0 Å². The predicted octanol–water partition coefficient (Wildman–Crippen LogP) is 5.40. The van der Waals surface area contributed by atoms with Gasteiger partial charge in [-0.3, -0.25) is 15.1 Å². The molecule has 3 aromatic heterocycles. The Kier molecular flexibility index (Phi) is 6.47. The number of aryl methyl sites for hydroxylation is 2. The smallest absolute Gasteiger partial charge is 0.274 e. The minimum absolute atomic E-state index is 0.142. The molecule has 0 aliphatic heterocycles. The van der Waals surface area contributed by atoms with E-state index in [9.17, 15) is 4.79 Å². The Morgan fingerprint density at radius 3 is 2.70 bits per heavy atom. The number of thiazole rings is 1. The largest absolute Gasteiger partial charge is 0.344 e. The molecule has 1 aromatic carbocycles. The molecule has 0 aliphatic carbocycles. The fraction of sp³-hybridized carbons (Fsp3) is 0.125. The number of hydrogen-bond acceptors (Lipinski definition) is 4. The van der Waals surface area contributed by atoms with Crippen molar-refractivity contribution in [3.8, 4) is 0 Å². The zero-order valence-corrected chi connectivity index (χ0v) is 17.3. The highest BCUT2D eigenvalue weighted by molar-refractivity contribution is 7.14. The van der Waals surface area contributed by atoms with Crippen LogP contribution in [0.5, 0.6) is 0 Å². The number of nitrogens with one attached hydrogen (secondary N) is 1. The summed E-state index contributed by atoms with van der Waals surface area (Å²) in [6, 6.07) is 17.8. The van der Waals surface area contributed by atoms with E-state index in [1.165, 1.54) is 16.9 Å². The number of anilines is 1. The molecule has 5 nitrogen and oxygen atoms in total. The first-order valence-corrected chi connectivity index (χ1v) is 10.7. The predicted molar refractivity (Wildman–Crippen MR) is 122 cm³/mol. The standard InChI is InChI=1S/C24H22N4OS/c29-23(22-9-5-17-28(22)16-4-8-20-12-14-25-15-13-20)27-24-26-21(18-30-24)11-10-19-6-2-1-3-7-19/h1-3,5-7,9-15,17-18H,4,8,16H2,(H,26,27,29). The van der Waals surface area contributed by atoms with Gasteiger partial charge in [-0.2, -0.15) is 0 Å². The number of hydrogen-bond donors (Lipinski definition) is 1. The van der Waals surface area contributed by atoms with E-state index in [4.69, 9.17) is 0 Å². The minimum Gasteiger partial charge on any atom is -0.344 e. The third kappa shape index (κ3) is 5.30. The lowest BCUT2D eigenvalue weighted by Gasteiger charge is -2.09. The Bertz CT molecular complexity index is 1120. The molecule has 6 heteroatoms. The van der Waals surface area contributed by atoms with Crippen LogP contribution in [0.15, 0.2) is 78.6 Å². The van der Waals surface area contributed by atoms with E-state index in [1.807, 2.05) is 82.9 Å². The summed E-state index contributed by atoms with van der Waals surface area (Å²) in [6.45, 7) is 0.779. The summed E-state index contributed by atoms with van der Waals surface area (Å²) in [7, 11) is 0. The second kappa shape index (κ2) is 9.80. The lowest BCUT2D eigenvalue weighted by molar-refractivity contribution is 0.101. The number of rotatable bonds is 8. The molecule has 0 spiro atoms. The van der Waals surface area contributed by atoms with Gasteiger partial charge in [0.05, 0.1) is 5.69 Å². The number of carbonyl (C=O) groups is 1.